The van der Waals surface area contributed by atoms with Crippen molar-refractivity contribution in [3.05, 3.63) is 23.9 Å². The topological polar surface area (TPSA) is 36.4 Å². The maximum atomic E-state index is 12.6. The number of anilines is 1. The number of aryl methyl sites for hydroxylation is 1. The summed E-state index contributed by atoms with van der Waals surface area (Å²) in [5.74, 6) is 0.262. The van der Waals surface area contributed by atoms with Crippen molar-refractivity contribution in [1.82, 2.24) is 9.88 Å². The number of hydrogen-bond donors (Lipinski definition) is 0. The highest BCUT2D eigenvalue weighted by Crippen LogP contribution is 2.46. The third-order valence-corrected chi connectivity index (χ3v) is 4.11. The summed E-state index contributed by atoms with van der Waals surface area (Å²) in [7, 11) is 0. The fourth-order valence-electron chi connectivity index (χ4n) is 2.86. The number of amides is 1. The van der Waals surface area contributed by atoms with Crippen LogP contribution in [0, 0.1) is 6.92 Å². The number of alkyl halides is 3. The minimum atomic E-state index is -4.28. The molecular weight excluding hydrogens is 283 g/mol. The van der Waals surface area contributed by atoms with Gasteiger partial charge in [-0.2, -0.15) is 13.2 Å². The van der Waals surface area contributed by atoms with E-state index in [1.54, 1.807) is 12.3 Å². The van der Waals surface area contributed by atoms with Crippen molar-refractivity contribution >= 4 is 11.7 Å². The quantitative estimate of drug-likeness (QED) is 0.839. The highest BCUT2D eigenvalue weighted by Gasteiger charge is 2.60. The van der Waals surface area contributed by atoms with Crippen molar-refractivity contribution in [1.29, 1.82) is 0 Å². The average molecular weight is 299 g/mol. The van der Waals surface area contributed by atoms with E-state index in [0.717, 1.165) is 5.56 Å². The van der Waals surface area contributed by atoms with Gasteiger partial charge in [0.2, 0.25) is 5.91 Å². The summed E-state index contributed by atoms with van der Waals surface area (Å²) in [5, 5.41) is 0. The first kappa shape index (κ1) is 14.3. The van der Waals surface area contributed by atoms with Crippen LogP contribution in [0.3, 0.4) is 0 Å². The van der Waals surface area contributed by atoms with Crippen molar-refractivity contribution in [2.75, 3.05) is 24.5 Å². The van der Waals surface area contributed by atoms with E-state index in [0.29, 0.717) is 18.7 Å². The SMILES string of the molecule is Cc1ccc(N2CCN(CC(F)(F)F)C3(CC3)C2=O)nc1. The van der Waals surface area contributed by atoms with E-state index in [1.807, 2.05) is 13.0 Å². The number of carbonyl (C=O) groups is 1. The predicted octanol–water partition coefficient (Wildman–Crippen LogP) is 2.13. The van der Waals surface area contributed by atoms with Crippen LogP contribution in [-0.2, 0) is 4.79 Å². The highest BCUT2D eigenvalue weighted by molar-refractivity contribution is 6.02. The first-order valence-corrected chi connectivity index (χ1v) is 6.88. The fraction of sp³-hybridized carbons (Fsp3) is 0.571. The molecule has 114 valence electrons. The molecule has 0 radical (unpaired) electrons. The molecule has 2 heterocycles. The number of rotatable bonds is 2. The minimum Gasteiger partial charge on any atom is -0.294 e. The van der Waals surface area contributed by atoms with E-state index in [2.05, 4.69) is 4.98 Å². The molecule has 1 aliphatic carbocycles. The van der Waals surface area contributed by atoms with E-state index in [4.69, 9.17) is 0 Å². The average Bonchev–Trinajstić information content (AvgIpc) is 3.18. The molecule has 1 saturated heterocycles. The summed E-state index contributed by atoms with van der Waals surface area (Å²) in [5.41, 5.74) is 0.0170. The molecule has 1 aliphatic heterocycles. The van der Waals surface area contributed by atoms with Gasteiger partial charge in [-0.15, -0.1) is 0 Å². The number of pyridine rings is 1. The van der Waals surface area contributed by atoms with Crippen LogP contribution in [0.2, 0.25) is 0 Å². The molecule has 3 rings (SSSR count). The molecule has 21 heavy (non-hydrogen) atoms. The summed E-state index contributed by atoms with van der Waals surface area (Å²) in [4.78, 5) is 19.6. The number of hydrogen-bond acceptors (Lipinski definition) is 3. The summed E-state index contributed by atoms with van der Waals surface area (Å²) in [6, 6.07) is 3.58. The number of piperazine rings is 1. The molecule has 2 fully saturated rings. The normalized spacial score (nSPS) is 21.9. The van der Waals surface area contributed by atoms with Gasteiger partial charge in [0, 0.05) is 19.3 Å². The lowest BCUT2D eigenvalue weighted by molar-refractivity contribution is -0.159. The number of nitrogens with zero attached hydrogens (tertiary/aromatic N) is 3. The Labute approximate surface area is 120 Å². The zero-order chi connectivity index (χ0) is 15.3. The van der Waals surface area contributed by atoms with Crippen LogP contribution in [-0.4, -0.2) is 47.1 Å². The van der Waals surface area contributed by atoms with Crippen LogP contribution in [0.1, 0.15) is 18.4 Å². The fourth-order valence-corrected chi connectivity index (χ4v) is 2.86. The van der Waals surface area contributed by atoms with Crippen LogP contribution in [0.15, 0.2) is 18.3 Å². The standard InChI is InChI=1S/C14H16F3N3O/c1-10-2-3-11(18-8-10)20-7-6-19(9-14(15,16)17)13(4-5-13)12(20)21/h2-3,8H,4-7,9H2,1H3. The molecule has 1 saturated carbocycles. The molecule has 1 amide bonds. The number of aromatic nitrogens is 1. The van der Waals surface area contributed by atoms with Gasteiger partial charge in [-0.05, 0) is 31.4 Å². The molecule has 1 spiro atoms. The number of carbonyl (C=O) groups excluding carboxylic acids is 1. The van der Waals surface area contributed by atoms with Gasteiger partial charge in [0.1, 0.15) is 11.4 Å². The maximum absolute atomic E-state index is 12.6. The molecular formula is C14H16F3N3O. The van der Waals surface area contributed by atoms with Gasteiger partial charge in [0.25, 0.3) is 0 Å². The van der Waals surface area contributed by atoms with Crippen LogP contribution >= 0.6 is 0 Å². The Kier molecular flexibility index (Phi) is 3.20. The second kappa shape index (κ2) is 4.69. The van der Waals surface area contributed by atoms with Crippen LogP contribution in [0.4, 0.5) is 19.0 Å². The molecule has 0 bridgehead atoms. The van der Waals surface area contributed by atoms with Gasteiger partial charge >= 0.3 is 6.18 Å². The molecule has 1 aromatic heterocycles. The summed E-state index contributed by atoms with van der Waals surface area (Å²) < 4.78 is 37.9. The molecule has 0 unspecified atom stereocenters. The molecule has 0 atom stereocenters. The lowest BCUT2D eigenvalue weighted by Gasteiger charge is -2.40. The van der Waals surface area contributed by atoms with Gasteiger partial charge in [0.15, 0.2) is 0 Å². The zero-order valence-corrected chi connectivity index (χ0v) is 11.7. The molecule has 1 aromatic rings. The first-order valence-electron chi connectivity index (χ1n) is 6.88. The van der Waals surface area contributed by atoms with E-state index in [1.165, 1.54) is 9.80 Å². The second-order valence-corrected chi connectivity index (χ2v) is 5.72. The lowest BCUT2D eigenvalue weighted by atomic mass is 10.1. The van der Waals surface area contributed by atoms with Crippen molar-refractivity contribution < 1.29 is 18.0 Å². The third kappa shape index (κ3) is 2.62. The first-order chi connectivity index (χ1) is 9.82. The summed E-state index contributed by atoms with van der Waals surface area (Å²) >= 11 is 0. The number of halogens is 3. The molecule has 0 aromatic carbocycles. The Hall–Kier alpha value is -1.63. The monoisotopic (exact) mass is 299 g/mol. The van der Waals surface area contributed by atoms with Gasteiger partial charge in [-0.25, -0.2) is 4.98 Å². The minimum absolute atomic E-state index is 0.223. The smallest absolute Gasteiger partial charge is 0.294 e. The summed E-state index contributed by atoms with van der Waals surface area (Å²) in [6.07, 6.45) is -1.64. The van der Waals surface area contributed by atoms with Crippen molar-refractivity contribution in [2.45, 2.75) is 31.5 Å². The molecule has 2 aliphatic rings. The highest BCUT2D eigenvalue weighted by atomic mass is 19.4. The third-order valence-electron chi connectivity index (χ3n) is 4.11. The maximum Gasteiger partial charge on any atom is 0.401 e. The van der Waals surface area contributed by atoms with Gasteiger partial charge < -0.3 is 0 Å². The molecule has 7 heteroatoms. The van der Waals surface area contributed by atoms with E-state index < -0.39 is 18.3 Å². The van der Waals surface area contributed by atoms with Crippen molar-refractivity contribution in [3.63, 3.8) is 0 Å². The zero-order valence-electron chi connectivity index (χ0n) is 11.7. The van der Waals surface area contributed by atoms with E-state index >= 15 is 0 Å². The van der Waals surface area contributed by atoms with Crippen LogP contribution in [0.5, 0.6) is 0 Å². The van der Waals surface area contributed by atoms with E-state index in [9.17, 15) is 18.0 Å². The van der Waals surface area contributed by atoms with Gasteiger partial charge in [0.05, 0.1) is 6.54 Å². The van der Waals surface area contributed by atoms with Gasteiger partial charge in [-0.3, -0.25) is 14.6 Å². The lowest BCUT2D eigenvalue weighted by Crippen LogP contribution is -2.61. The Bertz CT molecular complexity index is 552. The Morgan fingerprint density at radius 1 is 1.29 bits per heavy atom. The Morgan fingerprint density at radius 3 is 2.52 bits per heavy atom. The van der Waals surface area contributed by atoms with Crippen LogP contribution in [0.25, 0.3) is 0 Å². The molecule has 4 nitrogen and oxygen atoms in total. The molecule has 0 N–H and O–H groups in total. The van der Waals surface area contributed by atoms with Gasteiger partial charge in [-0.1, -0.05) is 6.07 Å². The summed E-state index contributed by atoms with van der Waals surface area (Å²) in [6.45, 7) is 1.34. The second-order valence-electron chi connectivity index (χ2n) is 5.72. The van der Waals surface area contributed by atoms with E-state index in [-0.39, 0.29) is 19.0 Å². The van der Waals surface area contributed by atoms with Crippen molar-refractivity contribution in [3.8, 4) is 0 Å². The predicted molar refractivity (Wildman–Crippen MR) is 70.9 cm³/mol. The Morgan fingerprint density at radius 2 is 2.00 bits per heavy atom. The Balaban J connectivity index is 1.81. The van der Waals surface area contributed by atoms with Crippen molar-refractivity contribution in [2.24, 2.45) is 0 Å². The largest absolute Gasteiger partial charge is 0.401 e. The van der Waals surface area contributed by atoms with Crippen LogP contribution < -0.4 is 4.90 Å².